The highest BCUT2D eigenvalue weighted by Gasteiger charge is 2.27. The second-order valence-electron chi connectivity index (χ2n) is 6.50. The average Bonchev–Trinajstić information content (AvgIpc) is 2.97. The molecule has 4 heteroatoms. The Hall–Kier alpha value is -1.84. The third-order valence-electron chi connectivity index (χ3n) is 4.33. The van der Waals surface area contributed by atoms with Gasteiger partial charge in [0.05, 0.1) is 0 Å². The van der Waals surface area contributed by atoms with E-state index in [0.29, 0.717) is 5.56 Å². The fraction of sp³-hybridized carbons (Fsp3) is 0.556. The van der Waals surface area contributed by atoms with E-state index in [-0.39, 0.29) is 23.8 Å². The maximum atomic E-state index is 12.5. The summed E-state index contributed by atoms with van der Waals surface area (Å²) < 4.78 is 0. The molecule has 4 nitrogen and oxygen atoms in total. The Kier molecular flexibility index (Phi) is 5.58. The number of carbonyl (C=O) groups excluding carboxylic acids is 2. The number of amides is 2. The van der Waals surface area contributed by atoms with Crippen molar-refractivity contribution in [2.24, 2.45) is 5.92 Å². The molecule has 0 unspecified atom stereocenters. The number of benzene rings is 1. The largest absolute Gasteiger partial charge is 0.352 e. The number of aryl methyl sites for hydroxylation is 1. The van der Waals surface area contributed by atoms with Crippen LogP contribution in [0.25, 0.3) is 0 Å². The Labute approximate surface area is 132 Å². The molecule has 0 heterocycles. The fourth-order valence-corrected chi connectivity index (χ4v) is 2.94. The van der Waals surface area contributed by atoms with E-state index in [1.807, 2.05) is 39.0 Å². The summed E-state index contributed by atoms with van der Waals surface area (Å²) in [7, 11) is 0. The van der Waals surface area contributed by atoms with Gasteiger partial charge in [0, 0.05) is 11.6 Å². The van der Waals surface area contributed by atoms with Gasteiger partial charge in [0.15, 0.2) is 0 Å². The first-order valence-corrected chi connectivity index (χ1v) is 8.16. The van der Waals surface area contributed by atoms with Crippen LogP contribution in [0.1, 0.15) is 55.5 Å². The number of hydrogen-bond acceptors (Lipinski definition) is 2. The van der Waals surface area contributed by atoms with E-state index in [9.17, 15) is 9.59 Å². The lowest BCUT2D eigenvalue weighted by Gasteiger charge is -2.24. The molecule has 0 saturated heterocycles. The highest BCUT2D eigenvalue weighted by molar-refractivity contribution is 5.98. The van der Waals surface area contributed by atoms with Gasteiger partial charge < -0.3 is 10.6 Å². The predicted molar refractivity (Wildman–Crippen MR) is 87.7 cm³/mol. The van der Waals surface area contributed by atoms with Gasteiger partial charge in [-0.15, -0.1) is 0 Å². The van der Waals surface area contributed by atoms with Crippen molar-refractivity contribution in [1.82, 2.24) is 10.6 Å². The van der Waals surface area contributed by atoms with Crippen LogP contribution in [-0.2, 0) is 4.79 Å². The monoisotopic (exact) mass is 302 g/mol. The molecule has 22 heavy (non-hydrogen) atoms. The minimum absolute atomic E-state index is 0.0503. The predicted octanol–water partition coefficient (Wildman–Crippen LogP) is 2.81. The molecule has 1 fully saturated rings. The van der Waals surface area contributed by atoms with Crippen LogP contribution in [0.3, 0.4) is 0 Å². The van der Waals surface area contributed by atoms with Crippen molar-refractivity contribution in [2.45, 2.75) is 58.5 Å². The first-order valence-electron chi connectivity index (χ1n) is 8.16. The number of rotatable bonds is 5. The van der Waals surface area contributed by atoms with Crippen LogP contribution in [0.4, 0.5) is 0 Å². The SMILES string of the molecule is Cc1ccccc1C(=O)N[C@H](C(=O)NC1CCCC1)C(C)C. The molecule has 2 amide bonds. The van der Waals surface area contributed by atoms with Crippen molar-refractivity contribution in [3.63, 3.8) is 0 Å². The lowest BCUT2D eigenvalue weighted by atomic mass is 10.0. The summed E-state index contributed by atoms with van der Waals surface area (Å²) >= 11 is 0. The summed E-state index contributed by atoms with van der Waals surface area (Å²) in [6.45, 7) is 5.81. The summed E-state index contributed by atoms with van der Waals surface area (Å²) in [5.74, 6) is -0.198. The van der Waals surface area contributed by atoms with Gasteiger partial charge in [0.25, 0.3) is 5.91 Å². The van der Waals surface area contributed by atoms with Crippen LogP contribution in [0.2, 0.25) is 0 Å². The molecular formula is C18H26N2O2. The molecule has 1 aromatic rings. The fourth-order valence-electron chi connectivity index (χ4n) is 2.94. The molecule has 120 valence electrons. The summed E-state index contributed by atoms with van der Waals surface area (Å²) in [6, 6.07) is 7.20. The van der Waals surface area contributed by atoms with Crippen LogP contribution in [0, 0.1) is 12.8 Å². The van der Waals surface area contributed by atoms with Gasteiger partial charge in [-0.2, -0.15) is 0 Å². The van der Waals surface area contributed by atoms with Crippen LogP contribution in [0.15, 0.2) is 24.3 Å². The Morgan fingerprint density at radius 2 is 1.77 bits per heavy atom. The first-order chi connectivity index (χ1) is 10.5. The van der Waals surface area contributed by atoms with Gasteiger partial charge in [0.1, 0.15) is 6.04 Å². The van der Waals surface area contributed by atoms with Crippen LogP contribution in [-0.4, -0.2) is 23.9 Å². The van der Waals surface area contributed by atoms with E-state index < -0.39 is 6.04 Å². The first kappa shape index (κ1) is 16.5. The Morgan fingerprint density at radius 3 is 2.36 bits per heavy atom. The van der Waals surface area contributed by atoms with E-state index in [0.717, 1.165) is 18.4 Å². The van der Waals surface area contributed by atoms with Crippen molar-refractivity contribution in [3.05, 3.63) is 35.4 Å². The van der Waals surface area contributed by atoms with Gasteiger partial charge in [-0.05, 0) is 37.3 Å². The zero-order valence-corrected chi connectivity index (χ0v) is 13.7. The molecule has 2 N–H and O–H groups in total. The molecule has 1 aromatic carbocycles. The molecule has 1 aliphatic carbocycles. The lowest BCUT2D eigenvalue weighted by molar-refractivity contribution is -0.124. The van der Waals surface area contributed by atoms with E-state index in [1.54, 1.807) is 6.07 Å². The second-order valence-corrected chi connectivity index (χ2v) is 6.50. The minimum Gasteiger partial charge on any atom is -0.352 e. The molecule has 0 aromatic heterocycles. The van der Waals surface area contributed by atoms with Gasteiger partial charge in [-0.25, -0.2) is 0 Å². The van der Waals surface area contributed by atoms with Gasteiger partial charge >= 0.3 is 0 Å². The molecule has 1 saturated carbocycles. The normalized spacial score (nSPS) is 16.5. The summed E-state index contributed by atoms with van der Waals surface area (Å²) in [5.41, 5.74) is 1.54. The maximum Gasteiger partial charge on any atom is 0.252 e. The van der Waals surface area contributed by atoms with Crippen LogP contribution in [0.5, 0.6) is 0 Å². The van der Waals surface area contributed by atoms with Gasteiger partial charge in [-0.1, -0.05) is 44.9 Å². The number of carbonyl (C=O) groups is 2. The van der Waals surface area contributed by atoms with E-state index in [1.165, 1.54) is 12.8 Å². The van der Waals surface area contributed by atoms with Crippen LogP contribution < -0.4 is 10.6 Å². The highest BCUT2D eigenvalue weighted by atomic mass is 16.2. The van der Waals surface area contributed by atoms with Crippen molar-refractivity contribution in [2.75, 3.05) is 0 Å². The Balaban J connectivity index is 2.03. The Bertz CT molecular complexity index is 534. The maximum absolute atomic E-state index is 12.5. The lowest BCUT2D eigenvalue weighted by Crippen LogP contribution is -2.51. The minimum atomic E-state index is -0.493. The van der Waals surface area contributed by atoms with Gasteiger partial charge in [0.2, 0.25) is 5.91 Å². The Morgan fingerprint density at radius 1 is 1.14 bits per heavy atom. The summed E-state index contributed by atoms with van der Waals surface area (Å²) in [4.78, 5) is 24.9. The molecule has 0 bridgehead atoms. The van der Waals surface area contributed by atoms with Crippen molar-refractivity contribution >= 4 is 11.8 Å². The highest BCUT2D eigenvalue weighted by Crippen LogP contribution is 2.18. The second kappa shape index (κ2) is 7.43. The van der Waals surface area contributed by atoms with Crippen molar-refractivity contribution in [3.8, 4) is 0 Å². The summed E-state index contributed by atoms with van der Waals surface area (Å²) in [6.07, 6.45) is 4.43. The summed E-state index contributed by atoms with van der Waals surface area (Å²) in [5, 5.41) is 5.97. The van der Waals surface area contributed by atoms with E-state index in [2.05, 4.69) is 10.6 Å². The number of hydrogen-bond donors (Lipinski definition) is 2. The molecule has 0 spiro atoms. The van der Waals surface area contributed by atoms with Crippen molar-refractivity contribution < 1.29 is 9.59 Å². The van der Waals surface area contributed by atoms with Crippen molar-refractivity contribution in [1.29, 1.82) is 0 Å². The topological polar surface area (TPSA) is 58.2 Å². The molecule has 0 aliphatic heterocycles. The third kappa shape index (κ3) is 4.09. The zero-order chi connectivity index (χ0) is 16.1. The zero-order valence-electron chi connectivity index (χ0n) is 13.7. The molecule has 2 rings (SSSR count). The van der Waals surface area contributed by atoms with Gasteiger partial charge in [-0.3, -0.25) is 9.59 Å². The smallest absolute Gasteiger partial charge is 0.252 e. The molecule has 1 aliphatic rings. The van der Waals surface area contributed by atoms with Crippen LogP contribution >= 0.6 is 0 Å². The van der Waals surface area contributed by atoms with E-state index in [4.69, 9.17) is 0 Å². The average molecular weight is 302 g/mol. The third-order valence-corrected chi connectivity index (χ3v) is 4.33. The molecular weight excluding hydrogens is 276 g/mol. The standard InChI is InChI=1S/C18H26N2O2/c1-12(2)16(18(22)19-14-9-5-6-10-14)20-17(21)15-11-7-4-8-13(15)3/h4,7-8,11-12,14,16H,5-6,9-10H2,1-3H3,(H,19,22)(H,20,21)/t16-/m0/s1. The van der Waals surface area contributed by atoms with E-state index >= 15 is 0 Å². The quantitative estimate of drug-likeness (QED) is 0.878. The number of nitrogens with one attached hydrogen (secondary N) is 2. The molecule has 0 radical (unpaired) electrons. The molecule has 1 atom stereocenters.